The highest BCUT2D eigenvalue weighted by Crippen LogP contribution is 2.23. The number of amides is 1. The number of hydrogen-bond donors (Lipinski definition) is 1. The summed E-state index contributed by atoms with van der Waals surface area (Å²) in [5.41, 5.74) is 3.71. The van der Waals surface area contributed by atoms with E-state index in [2.05, 4.69) is 80.8 Å². The van der Waals surface area contributed by atoms with E-state index in [-0.39, 0.29) is 11.9 Å². The third kappa shape index (κ3) is 10.6. The molecule has 0 bridgehead atoms. The van der Waals surface area contributed by atoms with E-state index in [0.717, 1.165) is 12.5 Å². The molecular weight excluding hydrogens is 406 g/mol. The van der Waals surface area contributed by atoms with E-state index in [9.17, 15) is 4.79 Å². The zero-order valence-electron chi connectivity index (χ0n) is 21.0. The van der Waals surface area contributed by atoms with Gasteiger partial charge in [-0.15, -0.1) is 0 Å². The van der Waals surface area contributed by atoms with Crippen LogP contribution in [0.15, 0.2) is 54.6 Å². The lowest BCUT2D eigenvalue weighted by Crippen LogP contribution is -2.33. The van der Waals surface area contributed by atoms with Crippen LogP contribution in [-0.2, 0) is 11.2 Å². The van der Waals surface area contributed by atoms with Crippen LogP contribution in [-0.4, -0.2) is 14.0 Å². The predicted molar refractivity (Wildman–Crippen MR) is 142 cm³/mol. The van der Waals surface area contributed by atoms with Crippen molar-refractivity contribution in [2.24, 2.45) is 0 Å². The zero-order chi connectivity index (χ0) is 23.2. The minimum atomic E-state index is -1.31. The Morgan fingerprint density at radius 3 is 2.12 bits per heavy atom. The van der Waals surface area contributed by atoms with Crippen molar-refractivity contribution in [3.05, 3.63) is 71.3 Å². The van der Waals surface area contributed by atoms with Crippen LogP contribution in [0.2, 0.25) is 25.2 Å². The summed E-state index contributed by atoms with van der Waals surface area (Å²) in [6.07, 6.45) is 11.0. The lowest BCUT2D eigenvalue weighted by Gasteiger charge is -2.24. The Hall–Kier alpha value is -1.87. The van der Waals surface area contributed by atoms with E-state index < -0.39 is 8.07 Å². The minimum absolute atomic E-state index is 0.0271. The Morgan fingerprint density at radius 2 is 1.47 bits per heavy atom. The van der Waals surface area contributed by atoms with Crippen molar-refractivity contribution >= 4 is 14.0 Å². The molecule has 2 rings (SSSR count). The van der Waals surface area contributed by atoms with Crippen molar-refractivity contribution in [1.29, 1.82) is 0 Å². The molecule has 0 aliphatic rings. The monoisotopic (exact) mass is 451 g/mol. The van der Waals surface area contributed by atoms with Crippen LogP contribution in [0, 0.1) is 6.92 Å². The van der Waals surface area contributed by atoms with Gasteiger partial charge in [0.25, 0.3) is 0 Å². The van der Waals surface area contributed by atoms with Crippen molar-refractivity contribution < 1.29 is 4.79 Å². The fourth-order valence-electron chi connectivity index (χ4n) is 4.30. The van der Waals surface area contributed by atoms with Gasteiger partial charge in [-0.2, -0.15) is 0 Å². The molecule has 0 radical (unpaired) electrons. The van der Waals surface area contributed by atoms with E-state index in [1.807, 2.05) is 6.07 Å². The number of aryl methyl sites for hydroxylation is 1. The number of unbranched alkanes of at least 4 members (excludes halogenated alkanes) is 6. The molecule has 32 heavy (non-hydrogen) atoms. The molecule has 0 aliphatic heterocycles. The quantitative estimate of drug-likeness (QED) is 0.214. The van der Waals surface area contributed by atoms with Gasteiger partial charge in [-0.1, -0.05) is 131 Å². The summed E-state index contributed by atoms with van der Waals surface area (Å²) in [6.45, 7) is 9.30. The molecule has 0 fully saturated rings. The molecule has 1 amide bonds. The standard InChI is InChI=1S/C29H45NOSi/c1-5-6-7-8-9-10-14-22-32(3,4)23-21-29(31)30-28(27-15-12-11-13-16-27)24-26-19-17-25(2)18-20-26/h11-13,15-20,28H,5-10,14,21-24H2,1-4H3,(H,30,31). The first kappa shape index (κ1) is 26.4. The van der Waals surface area contributed by atoms with Crippen LogP contribution >= 0.6 is 0 Å². The summed E-state index contributed by atoms with van der Waals surface area (Å²) in [4.78, 5) is 12.9. The lowest BCUT2D eigenvalue weighted by molar-refractivity contribution is -0.121. The fraction of sp³-hybridized carbons (Fsp3) is 0.552. The number of carbonyl (C=O) groups is 1. The molecule has 2 nitrogen and oxygen atoms in total. The number of rotatable bonds is 15. The van der Waals surface area contributed by atoms with E-state index in [4.69, 9.17) is 0 Å². The van der Waals surface area contributed by atoms with Crippen molar-refractivity contribution in [2.75, 3.05) is 0 Å². The highest BCUT2D eigenvalue weighted by Gasteiger charge is 2.22. The summed E-state index contributed by atoms with van der Waals surface area (Å²) in [5.74, 6) is 0.200. The molecule has 1 unspecified atom stereocenters. The fourth-order valence-corrected chi connectivity index (χ4v) is 6.66. The Kier molecular flexibility index (Phi) is 11.8. The van der Waals surface area contributed by atoms with Crippen LogP contribution < -0.4 is 5.32 Å². The maximum atomic E-state index is 12.9. The minimum Gasteiger partial charge on any atom is -0.349 e. The summed E-state index contributed by atoms with van der Waals surface area (Å²) in [6, 6.07) is 21.5. The van der Waals surface area contributed by atoms with Crippen LogP contribution in [0.25, 0.3) is 0 Å². The van der Waals surface area contributed by atoms with E-state index in [1.165, 1.54) is 67.7 Å². The molecule has 0 heterocycles. The van der Waals surface area contributed by atoms with E-state index in [0.29, 0.717) is 6.42 Å². The maximum Gasteiger partial charge on any atom is 0.220 e. The molecule has 2 aromatic carbocycles. The van der Waals surface area contributed by atoms with Gasteiger partial charge < -0.3 is 5.32 Å². The third-order valence-corrected chi connectivity index (χ3v) is 9.89. The highest BCUT2D eigenvalue weighted by atomic mass is 28.3. The molecule has 0 spiro atoms. The number of benzene rings is 2. The highest BCUT2D eigenvalue weighted by molar-refractivity contribution is 6.77. The topological polar surface area (TPSA) is 29.1 Å². The lowest BCUT2D eigenvalue weighted by atomic mass is 9.98. The maximum absolute atomic E-state index is 12.9. The van der Waals surface area contributed by atoms with Crippen molar-refractivity contribution in [2.45, 2.75) is 103 Å². The number of hydrogen-bond acceptors (Lipinski definition) is 1. The van der Waals surface area contributed by atoms with Gasteiger partial charge >= 0.3 is 0 Å². The van der Waals surface area contributed by atoms with Gasteiger partial charge in [-0.3, -0.25) is 4.79 Å². The first-order valence-corrected chi connectivity index (χ1v) is 16.2. The summed E-state index contributed by atoms with van der Waals surface area (Å²) < 4.78 is 0. The summed E-state index contributed by atoms with van der Waals surface area (Å²) in [5, 5.41) is 3.35. The Bertz CT molecular complexity index is 770. The summed E-state index contributed by atoms with van der Waals surface area (Å²) >= 11 is 0. The molecule has 0 saturated heterocycles. The normalized spacial score (nSPS) is 12.5. The molecule has 3 heteroatoms. The molecule has 0 saturated carbocycles. The van der Waals surface area contributed by atoms with Crippen LogP contribution in [0.4, 0.5) is 0 Å². The van der Waals surface area contributed by atoms with Crippen LogP contribution in [0.3, 0.4) is 0 Å². The largest absolute Gasteiger partial charge is 0.349 e. The molecule has 1 atom stereocenters. The molecule has 176 valence electrons. The van der Waals surface area contributed by atoms with Gasteiger partial charge in [-0.25, -0.2) is 0 Å². The number of nitrogens with one attached hydrogen (secondary N) is 1. The van der Waals surface area contributed by atoms with Gasteiger partial charge in [0.1, 0.15) is 0 Å². The first-order valence-electron chi connectivity index (χ1n) is 12.8. The van der Waals surface area contributed by atoms with Gasteiger partial charge in [-0.05, 0) is 30.5 Å². The van der Waals surface area contributed by atoms with Crippen molar-refractivity contribution in [3.63, 3.8) is 0 Å². The average molecular weight is 452 g/mol. The average Bonchev–Trinajstić information content (AvgIpc) is 2.79. The second kappa shape index (κ2) is 14.3. The zero-order valence-corrected chi connectivity index (χ0v) is 22.0. The third-order valence-electron chi connectivity index (χ3n) is 6.58. The Balaban J connectivity index is 1.82. The Morgan fingerprint density at radius 1 is 0.844 bits per heavy atom. The van der Waals surface area contributed by atoms with Crippen LogP contribution in [0.5, 0.6) is 0 Å². The van der Waals surface area contributed by atoms with E-state index in [1.54, 1.807) is 0 Å². The first-order chi connectivity index (χ1) is 15.4. The molecule has 0 aromatic heterocycles. The second-order valence-corrected chi connectivity index (χ2v) is 15.6. The smallest absolute Gasteiger partial charge is 0.220 e. The van der Waals surface area contributed by atoms with Gasteiger partial charge in [0.05, 0.1) is 6.04 Å². The molecule has 1 N–H and O–H groups in total. The van der Waals surface area contributed by atoms with Crippen molar-refractivity contribution in [1.82, 2.24) is 5.32 Å². The number of carbonyl (C=O) groups excluding carboxylic acids is 1. The molecule has 0 aliphatic carbocycles. The van der Waals surface area contributed by atoms with Gasteiger partial charge in [0.2, 0.25) is 5.91 Å². The van der Waals surface area contributed by atoms with Crippen LogP contribution in [0.1, 0.15) is 81.0 Å². The van der Waals surface area contributed by atoms with Crippen molar-refractivity contribution in [3.8, 4) is 0 Å². The van der Waals surface area contributed by atoms with Gasteiger partial charge in [0.15, 0.2) is 0 Å². The van der Waals surface area contributed by atoms with E-state index >= 15 is 0 Å². The SMILES string of the molecule is CCCCCCCCC[Si](C)(C)CCC(=O)NC(Cc1ccc(C)cc1)c1ccccc1. The molecular formula is C29H45NOSi. The summed E-state index contributed by atoms with van der Waals surface area (Å²) in [7, 11) is -1.31. The predicted octanol–water partition coefficient (Wildman–Crippen LogP) is 8.24. The Labute approximate surface area is 198 Å². The van der Waals surface area contributed by atoms with Gasteiger partial charge in [0, 0.05) is 14.5 Å². The molecule has 2 aromatic rings. The second-order valence-electron chi connectivity index (χ2n) is 10.3.